The number of β-lactam (4-membered cyclic amide) rings is 1. The minimum atomic E-state index is -1.24. The number of carboxylic acids is 1. The molecule has 0 spiro atoms. The number of allylic oxidation sites excluding steroid dienone is 1. The number of fused-ring (bicyclic) bond motifs is 1. The number of aliphatic carboxylic acids is 1. The molecule has 0 radical (unpaired) electrons. The Balaban J connectivity index is 2.27. The van der Waals surface area contributed by atoms with Gasteiger partial charge in [-0.05, 0) is 32.6 Å². The molecular formula is C17H25ClN2O5. The van der Waals surface area contributed by atoms with Crippen LogP contribution in [-0.2, 0) is 14.3 Å². The number of nitrogens with one attached hydrogen (secondary N) is 1. The summed E-state index contributed by atoms with van der Waals surface area (Å²) in [6.07, 6.45) is -0.221. The normalized spacial score (nSPS) is 26.8. The second-order valence-corrected chi connectivity index (χ2v) is 8.96. The van der Waals surface area contributed by atoms with Crippen LogP contribution in [0.3, 0.4) is 0 Å². The van der Waals surface area contributed by atoms with Gasteiger partial charge in [0.15, 0.2) is 0 Å². The van der Waals surface area contributed by atoms with Gasteiger partial charge < -0.3 is 15.2 Å². The summed E-state index contributed by atoms with van der Waals surface area (Å²) >= 11 is 6.32. The molecule has 2 aliphatic heterocycles. The SMILES string of the molecule is CC(C)(C)OC(=O)N[C@@H]1C(=O)N2C(C(=O)O)=C(Cl)C(C(C)(C)C)C[C@H]12. The number of alkyl carbamates (subject to hydrolysis) is 1. The Morgan fingerprint density at radius 2 is 1.80 bits per heavy atom. The molecule has 1 unspecified atom stereocenters. The lowest BCUT2D eigenvalue weighted by Gasteiger charge is -2.53. The van der Waals surface area contributed by atoms with Gasteiger partial charge in [-0.3, -0.25) is 9.69 Å². The van der Waals surface area contributed by atoms with Gasteiger partial charge >= 0.3 is 12.1 Å². The molecule has 2 amide bonds. The lowest BCUT2D eigenvalue weighted by molar-refractivity contribution is -0.155. The number of amides is 2. The van der Waals surface area contributed by atoms with Crippen molar-refractivity contribution < 1.29 is 24.2 Å². The van der Waals surface area contributed by atoms with Crippen LogP contribution in [0.4, 0.5) is 4.79 Å². The summed E-state index contributed by atoms with van der Waals surface area (Å²) < 4.78 is 5.19. The van der Waals surface area contributed by atoms with E-state index in [0.29, 0.717) is 6.42 Å². The largest absolute Gasteiger partial charge is 0.477 e. The number of ether oxygens (including phenoxy) is 1. The van der Waals surface area contributed by atoms with E-state index >= 15 is 0 Å². The summed E-state index contributed by atoms with van der Waals surface area (Å²) in [5, 5.41) is 12.2. The molecule has 0 aromatic carbocycles. The maximum Gasteiger partial charge on any atom is 0.408 e. The Hall–Kier alpha value is -1.76. The van der Waals surface area contributed by atoms with E-state index in [4.69, 9.17) is 16.3 Å². The molecule has 25 heavy (non-hydrogen) atoms. The second kappa shape index (κ2) is 6.20. The highest BCUT2D eigenvalue weighted by atomic mass is 35.5. The van der Waals surface area contributed by atoms with E-state index in [1.54, 1.807) is 20.8 Å². The average Bonchev–Trinajstić information content (AvgIpc) is 2.40. The quantitative estimate of drug-likeness (QED) is 0.726. The molecule has 0 saturated carbocycles. The fourth-order valence-corrected chi connectivity index (χ4v) is 3.81. The van der Waals surface area contributed by atoms with Crippen molar-refractivity contribution in [2.45, 2.75) is 65.6 Å². The van der Waals surface area contributed by atoms with Crippen molar-refractivity contribution >= 4 is 29.6 Å². The molecular weight excluding hydrogens is 348 g/mol. The number of carboxylic acid groups (broad SMARTS) is 1. The molecule has 3 atom stereocenters. The zero-order valence-corrected chi connectivity index (χ0v) is 16.1. The van der Waals surface area contributed by atoms with Crippen LogP contribution in [0.2, 0.25) is 0 Å². The second-order valence-electron chi connectivity index (χ2n) is 8.56. The Morgan fingerprint density at radius 3 is 2.24 bits per heavy atom. The van der Waals surface area contributed by atoms with E-state index in [1.165, 1.54) is 4.90 Å². The van der Waals surface area contributed by atoms with Crippen LogP contribution in [0.1, 0.15) is 48.0 Å². The van der Waals surface area contributed by atoms with Crippen molar-refractivity contribution in [2.24, 2.45) is 11.3 Å². The van der Waals surface area contributed by atoms with Crippen molar-refractivity contribution in [3.63, 3.8) is 0 Å². The van der Waals surface area contributed by atoms with E-state index in [0.717, 1.165) is 0 Å². The Bertz CT molecular complexity index is 644. The van der Waals surface area contributed by atoms with Crippen molar-refractivity contribution in [1.29, 1.82) is 0 Å². The van der Waals surface area contributed by atoms with Gasteiger partial charge in [0, 0.05) is 5.92 Å². The predicted molar refractivity (Wildman–Crippen MR) is 91.9 cm³/mol. The molecule has 2 aliphatic rings. The lowest BCUT2D eigenvalue weighted by Crippen LogP contribution is -2.72. The summed E-state index contributed by atoms with van der Waals surface area (Å²) in [5.41, 5.74) is -1.16. The van der Waals surface area contributed by atoms with E-state index in [1.807, 2.05) is 20.8 Å². The first-order valence-electron chi connectivity index (χ1n) is 8.19. The summed E-state index contributed by atoms with van der Waals surface area (Å²) in [6.45, 7) is 11.1. The van der Waals surface area contributed by atoms with Gasteiger partial charge in [0.25, 0.3) is 5.91 Å². The zero-order chi connectivity index (χ0) is 19.3. The number of halogens is 1. The molecule has 1 saturated heterocycles. The van der Waals surface area contributed by atoms with Gasteiger partial charge in [0.1, 0.15) is 17.3 Å². The third kappa shape index (κ3) is 3.76. The highest BCUT2D eigenvalue weighted by Gasteiger charge is 2.57. The van der Waals surface area contributed by atoms with Gasteiger partial charge in [-0.15, -0.1) is 0 Å². The predicted octanol–water partition coefficient (Wildman–Crippen LogP) is 2.69. The monoisotopic (exact) mass is 372 g/mol. The van der Waals surface area contributed by atoms with Crippen LogP contribution in [0.15, 0.2) is 10.7 Å². The maximum absolute atomic E-state index is 12.4. The highest BCUT2D eigenvalue weighted by molar-refractivity contribution is 6.32. The van der Waals surface area contributed by atoms with E-state index < -0.39 is 35.7 Å². The lowest BCUT2D eigenvalue weighted by atomic mass is 9.71. The fraction of sp³-hybridized carbons (Fsp3) is 0.706. The number of rotatable bonds is 2. The van der Waals surface area contributed by atoms with E-state index in [9.17, 15) is 19.5 Å². The number of nitrogens with zero attached hydrogens (tertiary/aromatic N) is 1. The Morgan fingerprint density at radius 1 is 1.24 bits per heavy atom. The van der Waals surface area contributed by atoms with Crippen LogP contribution < -0.4 is 5.32 Å². The van der Waals surface area contributed by atoms with E-state index in [2.05, 4.69) is 5.32 Å². The molecule has 2 rings (SSSR count). The van der Waals surface area contributed by atoms with Crippen molar-refractivity contribution in [1.82, 2.24) is 10.2 Å². The van der Waals surface area contributed by atoms with Gasteiger partial charge in [-0.2, -0.15) is 0 Å². The maximum atomic E-state index is 12.4. The molecule has 8 heteroatoms. The first-order valence-corrected chi connectivity index (χ1v) is 8.57. The van der Waals surface area contributed by atoms with Gasteiger partial charge in [0.2, 0.25) is 0 Å². The topological polar surface area (TPSA) is 95.9 Å². The molecule has 0 aromatic heterocycles. The van der Waals surface area contributed by atoms with Gasteiger partial charge in [-0.1, -0.05) is 32.4 Å². The Labute approximate surface area is 152 Å². The fourth-order valence-electron chi connectivity index (χ4n) is 3.22. The molecule has 2 N–H and O–H groups in total. The van der Waals surface area contributed by atoms with Crippen LogP contribution >= 0.6 is 11.6 Å². The molecule has 2 heterocycles. The molecule has 140 valence electrons. The number of hydrogen-bond donors (Lipinski definition) is 2. The third-order valence-corrected chi connectivity index (χ3v) is 4.83. The number of hydrogen-bond acceptors (Lipinski definition) is 4. The van der Waals surface area contributed by atoms with Crippen LogP contribution in [0.25, 0.3) is 0 Å². The first kappa shape index (κ1) is 19.6. The third-order valence-electron chi connectivity index (χ3n) is 4.39. The van der Waals surface area contributed by atoms with Gasteiger partial charge in [0.05, 0.1) is 11.1 Å². The van der Waals surface area contributed by atoms with Crippen molar-refractivity contribution in [2.75, 3.05) is 0 Å². The highest BCUT2D eigenvalue weighted by Crippen LogP contribution is 2.47. The van der Waals surface area contributed by atoms with Crippen LogP contribution in [-0.4, -0.2) is 45.7 Å². The summed E-state index contributed by atoms with van der Waals surface area (Å²) in [4.78, 5) is 37.2. The molecule has 0 aromatic rings. The summed E-state index contributed by atoms with van der Waals surface area (Å²) in [7, 11) is 0. The van der Waals surface area contributed by atoms with E-state index in [-0.39, 0.29) is 22.1 Å². The minimum Gasteiger partial charge on any atom is -0.477 e. The standard InChI is InChI=1S/C17H25ClN2O5/c1-16(2,3)8-7-9-11(19-15(24)25-17(4,5)6)13(21)20(9)12(10(8)18)14(22)23/h8-9,11H,7H2,1-6H3,(H,19,24)(H,22,23)/t8?,9-,11+/m1/s1. The van der Waals surface area contributed by atoms with Crippen LogP contribution in [0.5, 0.6) is 0 Å². The zero-order valence-electron chi connectivity index (χ0n) is 15.3. The summed E-state index contributed by atoms with van der Waals surface area (Å²) in [6, 6.07) is -1.25. The molecule has 1 fully saturated rings. The van der Waals surface area contributed by atoms with Gasteiger partial charge in [-0.25, -0.2) is 9.59 Å². The average molecular weight is 373 g/mol. The van der Waals surface area contributed by atoms with Crippen molar-refractivity contribution in [3.05, 3.63) is 10.7 Å². The molecule has 0 bridgehead atoms. The number of carbonyl (C=O) groups is 3. The van der Waals surface area contributed by atoms with Crippen LogP contribution in [0, 0.1) is 11.3 Å². The molecule has 0 aliphatic carbocycles. The Kier molecular flexibility index (Phi) is 4.85. The smallest absolute Gasteiger partial charge is 0.408 e. The first-order chi connectivity index (χ1) is 11.2. The minimum absolute atomic E-state index is 0.181. The summed E-state index contributed by atoms with van der Waals surface area (Å²) in [5.74, 6) is -1.95. The molecule has 7 nitrogen and oxygen atoms in total. The van der Waals surface area contributed by atoms with Crippen molar-refractivity contribution in [3.8, 4) is 0 Å². The number of carbonyl (C=O) groups excluding carboxylic acids is 2.